The van der Waals surface area contributed by atoms with Crippen molar-refractivity contribution in [3.63, 3.8) is 0 Å². The molecular weight excluding hydrogens is 258 g/mol. The zero-order valence-electron chi connectivity index (χ0n) is 8.20. The van der Waals surface area contributed by atoms with Gasteiger partial charge in [-0.05, 0) is 31.2 Å². The third kappa shape index (κ3) is 2.79. The van der Waals surface area contributed by atoms with Crippen molar-refractivity contribution in [3.05, 3.63) is 40.5 Å². The van der Waals surface area contributed by atoms with Crippen LogP contribution in [0.4, 0.5) is 5.69 Å². The molecule has 0 saturated heterocycles. The van der Waals surface area contributed by atoms with Crippen LogP contribution in [0.2, 0.25) is 0 Å². The van der Waals surface area contributed by atoms with Gasteiger partial charge in [0.15, 0.2) is 5.82 Å². The Morgan fingerprint density at radius 3 is 2.67 bits per heavy atom. The van der Waals surface area contributed by atoms with Crippen LogP contribution in [0, 0.1) is 6.92 Å². The van der Waals surface area contributed by atoms with Gasteiger partial charge < -0.3 is 9.84 Å². The Morgan fingerprint density at radius 2 is 2.07 bits per heavy atom. The lowest BCUT2D eigenvalue weighted by atomic mass is 10.3. The number of hydrogen-bond acceptors (Lipinski definition) is 4. The summed E-state index contributed by atoms with van der Waals surface area (Å²) in [5, 5.41) is 6.89. The quantitative estimate of drug-likeness (QED) is 0.929. The maximum Gasteiger partial charge on any atom is 0.245 e. The maximum atomic E-state index is 4.98. The fourth-order valence-corrected chi connectivity index (χ4v) is 1.42. The minimum Gasteiger partial charge on any atom is -0.376 e. The molecule has 0 atom stereocenters. The average Bonchev–Trinajstić information content (AvgIpc) is 2.64. The Balaban J connectivity index is 1.96. The summed E-state index contributed by atoms with van der Waals surface area (Å²) in [6.07, 6.45) is 0. The standard InChI is InChI=1S/C10H10BrN3O/c1-7-13-10(15-14-7)6-12-9-4-2-8(11)3-5-9/h2-5,12H,6H2,1H3. The zero-order chi connectivity index (χ0) is 10.7. The van der Waals surface area contributed by atoms with E-state index < -0.39 is 0 Å². The molecular formula is C10H10BrN3O. The largest absolute Gasteiger partial charge is 0.376 e. The van der Waals surface area contributed by atoms with Crippen molar-refractivity contribution in [1.29, 1.82) is 0 Å². The summed E-state index contributed by atoms with van der Waals surface area (Å²) in [5.74, 6) is 1.25. The fraction of sp³-hybridized carbons (Fsp3) is 0.200. The number of nitrogens with zero attached hydrogens (tertiary/aromatic N) is 2. The van der Waals surface area contributed by atoms with Crippen molar-refractivity contribution < 1.29 is 4.52 Å². The molecule has 0 unspecified atom stereocenters. The van der Waals surface area contributed by atoms with Crippen molar-refractivity contribution in [2.45, 2.75) is 13.5 Å². The Morgan fingerprint density at radius 1 is 1.33 bits per heavy atom. The molecule has 0 aliphatic rings. The normalized spacial score (nSPS) is 10.3. The average molecular weight is 268 g/mol. The van der Waals surface area contributed by atoms with E-state index in [1.807, 2.05) is 24.3 Å². The van der Waals surface area contributed by atoms with Gasteiger partial charge in [0, 0.05) is 10.2 Å². The number of anilines is 1. The third-order valence-corrected chi connectivity index (χ3v) is 2.39. The first kappa shape index (κ1) is 10.2. The van der Waals surface area contributed by atoms with E-state index in [0.717, 1.165) is 10.2 Å². The molecule has 0 spiro atoms. The topological polar surface area (TPSA) is 51.0 Å². The second-order valence-corrected chi connectivity index (χ2v) is 4.01. The molecule has 1 aromatic heterocycles. The van der Waals surface area contributed by atoms with Crippen LogP contribution in [0.15, 0.2) is 33.3 Å². The molecule has 2 aromatic rings. The Labute approximate surface area is 95.8 Å². The Bertz CT molecular complexity index is 438. The predicted octanol–water partition coefficient (Wildman–Crippen LogP) is 2.75. The summed E-state index contributed by atoms with van der Waals surface area (Å²) in [4.78, 5) is 4.09. The second kappa shape index (κ2) is 4.44. The van der Waals surface area contributed by atoms with Gasteiger partial charge in [-0.25, -0.2) is 0 Å². The van der Waals surface area contributed by atoms with E-state index in [-0.39, 0.29) is 0 Å². The molecule has 0 amide bonds. The molecule has 5 heteroatoms. The first-order valence-electron chi connectivity index (χ1n) is 4.52. The van der Waals surface area contributed by atoms with Crippen LogP contribution in [-0.2, 0) is 6.54 Å². The van der Waals surface area contributed by atoms with Gasteiger partial charge in [0.1, 0.15) is 0 Å². The van der Waals surface area contributed by atoms with Crippen molar-refractivity contribution >= 4 is 21.6 Å². The van der Waals surface area contributed by atoms with Crippen molar-refractivity contribution in [3.8, 4) is 0 Å². The predicted molar refractivity (Wildman–Crippen MR) is 60.5 cm³/mol. The molecule has 1 heterocycles. The van der Waals surface area contributed by atoms with Gasteiger partial charge in [-0.1, -0.05) is 21.1 Å². The van der Waals surface area contributed by atoms with Gasteiger partial charge in [-0.2, -0.15) is 4.98 Å². The highest BCUT2D eigenvalue weighted by Gasteiger charge is 2.01. The zero-order valence-corrected chi connectivity index (χ0v) is 9.78. The number of aryl methyl sites for hydroxylation is 1. The van der Waals surface area contributed by atoms with Crippen molar-refractivity contribution in [2.24, 2.45) is 0 Å². The number of rotatable bonds is 3. The van der Waals surface area contributed by atoms with E-state index in [4.69, 9.17) is 4.52 Å². The van der Waals surface area contributed by atoms with E-state index in [2.05, 4.69) is 31.4 Å². The molecule has 78 valence electrons. The van der Waals surface area contributed by atoms with Crippen molar-refractivity contribution in [1.82, 2.24) is 10.1 Å². The first-order valence-corrected chi connectivity index (χ1v) is 5.32. The summed E-state index contributed by atoms with van der Waals surface area (Å²) < 4.78 is 6.03. The maximum absolute atomic E-state index is 4.98. The van der Waals surface area contributed by atoms with E-state index in [9.17, 15) is 0 Å². The molecule has 0 aliphatic heterocycles. The third-order valence-electron chi connectivity index (χ3n) is 1.86. The summed E-state index contributed by atoms with van der Waals surface area (Å²) in [7, 11) is 0. The molecule has 0 saturated carbocycles. The smallest absolute Gasteiger partial charge is 0.245 e. The van der Waals surface area contributed by atoms with Gasteiger partial charge in [0.25, 0.3) is 0 Å². The van der Waals surface area contributed by atoms with Crippen LogP contribution in [0.1, 0.15) is 11.7 Å². The highest BCUT2D eigenvalue weighted by atomic mass is 79.9. The van der Waals surface area contributed by atoms with E-state index >= 15 is 0 Å². The van der Waals surface area contributed by atoms with Crippen LogP contribution in [0.3, 0.4) is 0 Å². The van der Waals surface area contributed by atoms with Gasteiger partial charge in [0.05, 0.1) is 6.54 Å². The summed E-state index contributed by atoms with van der Waals surface area (Å²) in [6, 6.07) is 7.91. The first-order chi connectivity index (χ1) is 7.24. The Hall–Kier alpha value is -1.36. The number of aromatic nitrogens is 2. The minimum atomic E-state index is 0.544. The lowest BCUT2D eigenvalue weighted by Gasteiger charge is -2.02. The summed E-state index contributed by atoms with van der Waals surface area (Å²) >= 11 is 3.38. The highest BCUT2D eigenvalue weighted by Crippen LogP contribution is 2.14. The number of nitrogens with one attached hydrogen (secondary N) is 1. The van der Waals surface area contributed by atoms with Crippen LogP contribution in [0.5, 0.6) is 0 Å². The second-order valence-electron chi connectivity index (χ2n) is 3.10. The summed E-state index contributed by atoms with van der Waals surface area (Å²) in [5.41, 5.74) is 1.02. The summed E-state index contributed by atoms with van der Waals surface area (Å²) in [6.45, 7) is 2.34. The van der Waals surface area contributed by atoms with Gasteiger partial charge in [-0.3, -0.25) is 0 Å². The van der Waals surface area contributed by atoms with E-state index in [1.54, 1.807) is 6.92 Å². The highest BCUT2D eigenvalue weighted by molar-refractivity contribution is 9.10. The number of hydrogen-bond donors (Lipinski definition) is 1. The molecule has 0 bridgehead atoms. The van der Waals surface area contributed by atoms with E-state index in [1.165, 1.54) is 0 Å². The SMILES string of the molecule is Cc1noc(CNc2ccc(Br)cc2)n1. The lowest BCUT2D eigenvalue weighted by Crippen LogP contribution is -1.99. The van der Waals surface area contributed by atoms with Crippen LogP contribution < -0.4 is 5.32 Å². The molecule has 1 N–H and O–H groups in total. The van der Waals surface area contributed by atoms with Crippen molar-refractivity contribution in [2.75, 3.05) is 5.32 Å². The van der Waals surface area contributed by atoms with Gasteiger partial charge in [0.2, 0.25) is 5.89 Å². The molecule has 15 heavy (non-hydrogen) atoms. The molecule has 1 aromatic carbocycles. The molecule has 4 nitrogen and oxygen atoms in total. The van der Waals surface area contributed by atoms with E-state index in [0.29, 0.717) is 18.3 Å². The van der Waals surface area contributed by atoms with Gasteiger partial charge in [-0.15, -0.1) is 0 Å². The van der Waals surface area contributed by atoms with Crippen LogP contribution >= 0.6 is 15.9 Å². The monoisotopic (exact) mass is 267 g/mol. The van der Waals surface area contributed by atoms with Gasteiger partial charge >= 0.3 is 0 Å². The number of halogens is 1. The molecule has 0 radical (unpaired) electrons. The Kier molecular flexibility index (Phi) is 3.01. The molecule has 0 aliphatic carbocycles. The van der Waals surface area contributed by atoms with Crippen LogP contribution in [-0.4, -0.2) is 10.1 Å². The lowest BCUT2D eigenvalue weighted by molar-refractivity contribution is 0.379. The fourth-order valence-electron chi connectivity index (χ4n) is 1.16. The van der Waals surface area contributed by atoms with Crippen LogP contribution in [0.25, 0.3) is 0 Å². The molecule has 0 fully saturated rings. The minimum absolute atomic E-state index is 0.544. The molecule has 2 rings (SSSR count). The number of benzene rings is 1.